The number of nitrogens with one attached hydrogen (secondary N) is 2. The zero-order valence-electron chi connectivity index (χ0n) is 19.9. The minimum atomic E-state index is -0.189. The van der Waals surface area contributed by atoms with E-state index >= 15 is 0 Å². The van der Waals surface area contributed by atoms with Crippen molar-refractivity contribution >= 4 is 34.8 Å². The summed E-state index contributed by atoms with van der Waals surface area (Å²) in [4.78, 5) is 31.8. The molecule has 2 aromatic carbocycles. The highest BCUT2D eigenvalue weighted by Crippen LogP contribution is 2.35. The molecular formula is C26H27N5O4. The number of benzene rings is 2. The van der Waals surface area contributed by atoms with Crippen molar-refractivity contribution in [1.29, 1.82) is 0 Å². The van der Waals surface area contributed by atoms with Gasteiger partial charge in [-0.15, -0.1) is 0 Å². The van der Waals surface area contributed by atoms with Crippen LogP contribution in [0.3, 0.4) is 0 Å². The molecule has 5 rings (SSSR count). The lowest BCUT2D eigenvalue weighted by molar-refractivity contribution is -0.117. The Hall–Kier alpha value is -4.11. The van der Waals surface area contributed by atoms with Gasteiger partial charge in [-0.05, 0) is 54.0 Å². The zero-order chi connectivity index (χ0) is 24.5. The second-order valence-electron chi connectivity index (χ2n) is 8.65. The van der Waals surface area contributed by atoms with Crippen LogP contribution in [0.1, 0.15) is 22.5 Å². The summed E-state index contributed by atoms with van der Waals surface area (Å²) in [6.07, 6.45) is 6.09. The van der Waals surface area contributed by atoms with E-state index in [1.165, 1.54) is 5.56 Å². The van der Waals surface area contributed by atoms with Gasteiger partial charge in [0.2, 0.25) is 5.91 Å². The number of carbonyl (C=O) groups is 2. The van der Waals surface area contributed by atoms with Crippen LogP contribution >= 0.6 is 0 Å². The van der Waals surface area contributed by atoms with E-state index in [0.717, 1.165) is 29.8 Å². The first-order chi connectivity index (χ1) is 16.9. The molecule has 0 bridgehead atoms. The molecule has 0 saturated carbocycles. The Balaban J connectivity index is 1.28. The normalized spacial score (nSPS) is 16.0. The van der Waals surface area contributed by atoms with Crippen molar-refractivity contribution < 1.29 is 19.1 Å². The number of methoxy groups -OCH3 is 2. The highest BCUT2D eigenvalue weighted by molar-refractivity contribution is 6.35. The van der Waals surface area contributed by atoms with Gasteiger partial charge in [-0.25, -0.2) is 4.98 Å². The molecule has 1 aromatic heterocycles. The van der Waals surface area contributed by atoms with Crippen molar-refractivity contribution in [2.45, 2.75) is 13.0 Å². The van der Waals surface area contributed by atoms with E-state index in [-0.39, 0.29) is 18.4 Å². The number of rotatable bonds is 6. The van der Waals surface area contributed by atoms with Crippen LogP contribution in [0, 0.1) is 0 Å². The first-order valence-corrected chi connectivity index (χ1v) is 11.4. The van der Waals surface area contributed by atoms with E-state index in [1.807, 2.05) is 36.0 Å². The number of hydrogen-bond donors (Lipinski definition) is 2. The van der Waals surface area contributed by atoms with Gasteiger partial charge in [0.25, 0.3) is 5.91 Å². The molecule has 0 spiro atoms. The summed E-state index contributed by atoms with van der Waals surface area (Å²) in [5.74, 6) is 1.79. The van der Waals surface area contributed by atoms with Crippen molar-refractivity contribution in [2.24, 2.45) is 7.05 Å². The number of ether oxygens (including phenoxy) is 2. The Morgan fingerprint density at radius 2 is 1.94 bits per heavy atom. The third-order valence-electron chi connectivity index (χ3n) is 6.38. The molecule has 3 heterocycles. The van der Waals surface area contributed by atoms with Gasteiger partial charge < -0.3 is 24.7 Å². The molecule has 0 aliphatic carbocycles. The van der Waals surface area contributed by atoms with Crippen molar-refractivity contribution in [1.82, 2.24) is 14.5 Å². The molecular weight excluding hydrogens is 446 g/mol. The average molecular weight is 474 g/mol. The van der Waals surface area contributed by atoms with E-state index in [4.69, 9.17) is 9.47 Å². The summed E-state index contributed by atoms with van der Waals surface area (Å²) in [6.45, 7) is 1.69. The minimum absolute atomic E-state index is 0.110. The van der Waals surface area contributed by atoms with Crippen LogP contribution < -0.4 is 20.1 Å². The minimum Gasteiger partial charge on any atom is -0.493 e. The quantitative estimate of drug-likeness (QED) is 0.535. The predicted molar refractivity (Wildman–Crippen MR) is 133 cm³/mol. The largest absolute Gasteiger partial charge is 0.493 e. The van der Waals surface area contributed by atoms with Gasteiger partial charge in [0.05, 0.1) is 26.3 Å². The second kappa shape index (κ2) is 9.27. The Kier molecular flexibility index (Phi) is 6.00. The number of anilines is 2. The van der Waals surface area contributed by atoms with Crippen LogP contribution in [0.5, 0.6) is 11.5 Å². The van der Waals surface area contributed by atoms with E-state index in [2.05, 4.69) is 20.5 Å². The maximum absolute atomic E-state index is 12.9. The first-order valence-electron chi connectivity index (χ1n) is 11.4. The van der Waals surface area contributed by atoms with Crippen molar-refractivity contribution in [3.8, 4) is 11.5 Å². The van der Waals surface area contributed by atoms with Gasteiger partial charge in [-0.3, -0.25) is 14.5 Å². The van der Waals surface area contributed by atoms with Gasteiger partial charge in [-0.1, -0.05) is 0 Å². The Morgan fingerprint density at radius 3 is 2.66 bits per heavy atom. The predicted octanol–water partition coefficient (Wildman–Crippen LogP) is 2.93. The lowest BCUT2D eigenvalue weighted by Crippen LogP contribution is -2.37. The summed E-state index contributed by atoms with van der Waals surface area (Å²) >= 11 is 0. The number of hydrogen-bond acceptors (Lipinski definition) is 6. The van der Waals surface area contributed by atoms with E-state index in [0.29, 0.717) is 35.1 Å². The van der Waals surface area contributed by atoms with Gasteiger partial charge in [0.15, 0.2) is 11.5 Å². The smallest absolute Gasteiger partial charge is 0.256 e. The van der Waals surface area contributed by atoms with Crippen LogP contribution in [-0.4, -0.2) is 53.6 Å². The number of imidazole rings is 1. The molecule has 0 atom stereocenters. The number of carbonyl (C=O) groups excluding carboxylic acids is 2. The lowest BCUT2D eigenvalue weighted by Gasteiger charge is -2.29. The third kappa shape index (κ3) is 4.50. The third-order valence-corrected chi connectivity index (χ3v) is 6.38. The molecule has 180 valence electrons. The first kappa shape index (κ1) is 22.7. The van der Waals surface area contributed by atoms with Gasteiger partial charge in [-0.2, -0.15) is 0 Å². The van der Waals surface area contributed by atoms with Gasteiger partial charge in [0.1, 0.15) is 5.82 Å². The summed E-state index contributed by atoms with van der Waals surface area (Å²) < 4.78 is 12.7. The zero-order valence-corrected chi connectivity index (χ0v) is 19.9. The SMILES string of the molecule is COc1cc2c(cc1OC)CN(CC(=O)Nc1ccc3c(c1)/C(=C\c1nccn1C)C(=O)N3)CC2. The number of aromatic nitrogens is 2. The molecule has 3 aromatic rings. The lowest BCUT2D eigenvalue weighted by atomic mass is 9.99. The topological polar surface area (TPSA) is 97.7 Å². The van der Waals surface area contributed by atoms with Crippen molar-refractivity contribution in [3.05, 3.63) is 65.2 Å². The molecule has 0 saturated heterocycles. The number of amides is 2. The van der Waals surface area contributed by atoms with E-state index < -0.39 is 0 Å². The maximum atomic E-state index is 12.9. The molecule has 0 unspecified atom stereocenters. The number of fused-ring (bicyclic) bond motifs is 2. The van der Waals surface area contributed by atoms with E-state index in [1.54, 1.807) is 38.6 Å². The molecule has 2 N–H and O–H groups in total. The molecule has 2 amide bonds. The summed E-state index contributed by atoms with van der Waals surface area (Å²) in [6, 6.07) is 9.42. The van der Waals surface area contributed by atoms with Crippen LogP contribution in [0.25, 0.3) is 11.6 Å². The van der Waals surface area contributed by atoms with E-state index in [9.17, 15) is 9.59 Å². The van der Waals surface area contributed by atoms with Gasteiger partial charge in [0, 0.05) is 49.5 Å². The Bertz CT molecular complexity index is 1340. The van der Waals surface area contributed by atoms with Crippen LogP contribution in [-0.2, 0) is 29.6 Å². The highest BCUT2D eigenvalue weighted by atomic mass is 16.5. The summed E-state index contributed by atoms with van der Waals surface area (Å²) in [7, 11) is 5.12. The number of nitrogens with zero attached hydrogens (tertiary/aromatic N) is 3. The second-order valence-corrected chi connectivity index (χ2v) is 8.65. The van der Waals surface area contributed by atoms with Crippen molar-refractivity contribution in [3.63, 3.8) is 0 Å². The molecule has 2 aliphatic heterocycles. The van der Waals surface area contributed by atoms with Crippen LogP contribution in [0.2, 0.25) is 0 Å². The highest BCUT2D eigenvalue weighted by Gasteiger charge is 2.26. The Labute approximate surface area is 203 Å². The summed E-state index contributed by atoms with van der Waals surface area (Å²) in [5.41, 5.74) is 4.95. The molecule has 2 aliphatic rings. The summed E-state index contributed by atoms with van der Waals surface area (Å²) in [5, 5.41) is 5.85. The monoisotopic (exact) mass is 473 g/mol. The molecule has 35 heavy (non-hydrogen) atoms. The molecule has 0 fully saturated rings. The number of aryl methyl sites for hydroxylation is 1. The molecule has 9 nitrogen and oxygen atoms in total. The average Bonchev–Trinajstić information content (AvgIpc) is 3.40. The molecule has 9 heteroatoms. The standard InChI is InChI=1S/C26H27N5O4/c1-30-9-7-27-24(30)13-20-19-12-18(4-5-21(19)29-26(20)33)28-25(32)15-31-8-6-16-10-22(34-2)23(35-3)11-17(16)14-31/h4-5,7,9-13H,6,8,14-15H2,1-3H3,(H,28,32)(H,29,33)/b20-13+. The Morgan fingerprint density at radius 1 is 1.17 bits per heavy atom. The molecule has 0 radical (unpaired) electrons. The fourth-order valence-electron chi connectivity index (χ4n) is 4.53. The van der Waals surface area contributed by atoms with Crippen molar-refractivity contribution in [2.75, 3.05) is 37.9 Å². The van der Waals surface area contributed by atoms with Crippen LogP contribution in [0.4, 0.5) is 11.4 Å². The fourth-order valence-corrected chi connectivity index (χ4v) is 4.53. The van der Waals surface area contributed by atoms with Gasteiger partial charge >= 0.3 is 0 Å². The maximum Gasteiger partial charge on any atom is 0.256 e. The fraction of sp³-hybridized carbons (Fsp3) is 0.269. The van der Waals surface area contributed by atoms with Crippen LogP contribution in [0.15, 0.2) is 42.7 Å².